The zero-order chi connectivity index (χ0) is 13.8. The Morgan fingerprint density at radius 2 is 2.11 bits per heavy atom. The van der Waals surface area contributed by atoms with Gasteiger partial charge >= 0.3 is 0 Å². The quantitative estimate of drug-likeness (QED) is 0.775. The maximum atomic E-state index is 12.7. The van der Waals surface area contributed by atoms with Crippen molar-refractivity contribution >= 4 is 15.7 Å². The molecule has 0 aliphatic carbocycles. The fourth-order valence-electron chi connectivity index (χ4n) is 1.33. The van der Waals surface area contributed by atoms with E-state index in [0.29, 0.717) is 0 Å². The van der Waals surface area contributed by atoms with Gasteiger partial charge < -0.3 is 10.4 Å². The second kappa shape index (κ2) is 5.81. The Bertz CT molecular complexity index is 542. The van der Waals surface area contributed by atoms with Crippen molar-refractivity contribution in [3.8, 4) is 5.75 Å². The van der Waals surface area contributed by atoms with Crippen LogP contribution in [-0.2, 0) is 9.84 Å². The van der Waals surface area contributed by atoms with Crippen LogP contribution >= 0.6 is 0 Å². The molecule has 0 aliphatic heterocycles. The normalized spacial score (nSPS) is 11.2. The van der Waals surface area contributed by atoms with Crippen molar-refractivity contribution in [3.63, 3.8) is 0 Å². The average Bonchev–Trinajstić information content (AvgIpc) is 2.22. The van der Waals surface area contributed by atoms with E-state index in [1.165, 1.54) is 0 Å². The van der Waals surface area contributed by atoms with Crippen LogP contribution in [0.3, 0.4) is 0 Å². The van der Waals surface area contributed by atoms with Gasteiger partial charge in [0.2, 0.25) is 0 Å². The number of carbonyl (C=O) groups excluding carboxylic acids is 1. The van der Waals surface area contributed by atoms with Crippen LogP contribution < -0.4 is 5.32 Å². The second-order valence-electron chi connectivity index (χ2n) is 3.90. The lowest BCUT2D eigenvalue weighted by atomic mass is 10.2. The molecule has 0 saturated carbocycles. The largest absolute Gasteiger partial charge is 0.507 e. The topological polar surface area (TPSA) is 83.5 Å². The molecule has 0 saturated heterocycles. The van der Waals surface area contributed by atoms with Crippen LogP contribution in [0.2, 0.25) is 0 Å². The van der Waals surface area contributed by atoms with Crippen LogP contribution in [0, 0.1) is 5.82 Å². The van der Waals surface area contributed by atoms with E-state index in [2.05, 4.69) is 5.32 Å². The van der Waals surface area contributed by atoms with Gasteiger partial charge in [0.25, 0.3) is 5.91 Å². The molecule has 100 valence electrons. The summed E-state index contributed by atoms with van der Waals surface area (Å²) in [6, 6.07) is 3.06. The molecule has 0 spiro atoms. The molecule has 5 nitrogen and oxygen atoms in total. The molecule has 1 amide bonds. The maximum Gasteiger partial charge on any atom is 0.255 e. The molecule has 0 fully saturated rings. The monoisotopic (exact) mass is 275 g/mol. The molecule has 0 aliphatic rings. The predicted octanol–water partition coefficient (Wildman–Crippen LogP) is 0.696. The minimum Gasteiger partial charge on any atom is -0.507 e. The number of nitrogens with one attached hydrogen (secondary N) is 1. The van der Waals surface area contributed by atoms with Crippen molar-refractivity contribution in [3.05, 3.63) is 29.6 Å². The van der Waals surface area contributed by atoms with E-state index in [9.17, 15) is 22.7 Å². The van der Waals surface area contributed by atoms with Crippen LogP contribution in [0.4, 0.5) is 4.39 Å². The van der Waals surface area contributed by atoms with E-state index >= 15 is 0 Å². The molecule has 1 aromatic rings. The highest BCUT2D eigenvalue weighted by atomic mass is 32.2. The summed E-state index contributed by atoms with van der Waals surface area (Å²) in [5, 5.41) is 11.8. The number of amides is 1. The number of phenols is 1. The van der Waals surface area contributed by atoms with Gasteiger partial charge in [-0.2, -0.15) is 0 Å². The summed E-state index contributed by atoms with van der Waals surface area (Å²) in [4.78, 5) is 11.6. The van der Waals surface area contributed by atoms with Gasteiger partial charge in [-0.05, 0) is 18.6 Å². The van der Waals surface area contributed by atoms with Gasteiger partial charge in [-0.1, -0.05) is 0 Å². The van der Waals surface area contributed by atoms with Crippen LogP contribution in [0.15, 0.2) is 18.2 Å². The molecule has 0 aromatic heterocycles. The van der Waals surface area contributed by atoms with Gasteiger partial charge in [0.05, 0.1) is 11.3 Å². The van der Waals surface area contributed by atoms with Gasteiger partial charge in [-0.25, -0.2) is 12.8 Å². The first-order valence-electron chi connectivity index (χ1n) is 5.24. The Morgan fingerprint density at radius 1 is 1.44 bits per heavy atom. The van der Waals surface area contributed by atoms with Crippen LogP contribution in [0.1, 0.15) is 16.8 Å². The maximum absolute atomic E-state index is 12.7. The van der Waals surface area contributed by atoms with Gasteiger partial charge in [0, 0.05) is 18.9 Å². The molecule has 0 atom stereocenters. The first-order valence-corrected chi connectivity index (χ1v) is 7.30. The van der Waals surface area contributed by atoms with E-state index in [0.717, 1.165) is 24.5 Å². The Morgan fingerprint density at radius 3 is 2.67 bits per heavy atom. The summed E-state index contributed by atoms with van der Waals surface area (Å²) in [6.07, 6.45) is 1.40. The van der Waals surface area contributed by atoms with Gasteiger partial charge in [-0.3, -0.25) is 4.79 Å². The number of sulfone groups is 1. The lowest BCUT2D eigenvalue weighted by Gasteiger charge is -2.06. The fourth-order valence-corrected chi connectivity index (χ4v) is 2.00. The Kier molecular flexibility index (Phi) is 4.66. The van der Waals surface area contributed by atoms with Crippen molar-refractivity contribution in [2.75, 3.05) is 18.6 Å². The first-order chi connectivity index (χ1) is 8.29. The minimum absolute atomic E-state index is 0.0251. The highest BCUT2D eigenvalue weighted by molar-refractivity contribution is 7.90. The fraction of sp³-hybridized carbons (Fsp3) is 0.364. The van der Waals surface area contributed by atoms with Crippen molar-refractivity contribution in [1.82, 2.24) is 5.32 Å². The number of benzene rings is 1. The molecule has 2 N–H and O–H groups in total. The second-order valence-corrected chi connectivity index (χ2v) is 6.16. The number of hydrogen-bond acceptors (Lipinski definition) is 4. The number of rotatable bonds is 5. The van der Waals surface area contributed by atoms with Crippen LogP contribution in [0.25, 0.3) is 0 Å². The smallest absolute Gasteiger partial charge is 0.255 e. The Balaban J connectivity index is 2.51. The molecule has 0 heterocycles. The van der Waals surface area contributed by atoms with E-state index in [1.807, 2.05) is 0 Å². The van der Waals surface area contributed by atoms with Gasteiger partial charge in [-0.15, -0.1) is 0 Å². The third-order valence-corrected chi connectivity index (χ3v) is 3.21. The molecule has 0 unspecified atom stereocenters. The summed E-state index contributed by atoms with van der Waals surface area (Å²) >= 11 is 0. The molecule has 0 bridgehead atoms. The molecule has 1 rings (SSSR count). The van der Waals surface area contributed by atoms with Gasteiger partial charge in [0.15, 0.2) is 0 Å². The van der Waals surface area contributed by atoms with Crippen molar-refractivity contribution < 1.29 is 22.7 Å². The number of halogens is 1. The molecule has 0 radical (unpaired) electrons. The highest BCUT2D eigenvalue weighted by Crippen LogP contribution is 2.17. The Hall–Kier alpha value is -1.63. The van der Waals surface area contributed by atoms with Gasteiger partial charge in [0.1, 0.15) is 21.4 Å². The number of carbonyl (C=O) groups is 1. The van der Waals surface area contributed by atoms with Crippen LogP contribution in [-0.4, -0.2) is 38.0 Å². The number of phenolic OH excluding ortho intramolecular Hbond substituents is 1. The lowest BCUT2D eigenvalue weighted by molar-refractivity contribution is 0.0951. The zero-order valence-corrected chi connectivity index (χ0v) is 10.6. The van der Waals surface area contributed by atoms with Crippen molar-refractivity contribution in [1.29, 1.82) is 0 Å². The standard InChI is InChI=1S/C11H14FNO4S/c1-18(16,17)6-2-5-13-11(15)9-4-3-8(12)7-10(9)14/h3-4,7,14H,2,5-6H2,1H3,(H,13,15). The highest BCUT2D eigenvalue weighted by Gasteiger charge is 2.11. The minimum atomic E-state index is -3.05. The van der Waals surface area contributed by atoms with Crippen molar-refractivity contribution in [2.24, 2.45) is 0 Å². The molecular weight excluding hydrogens is 261 g/mol. The number of aromatic hydroxyl groups is 1. The lowest BCUT2D eigenvalue weighted by Crippen LogP contribution is -2.25. The average molecular weight is 275 g/mol. The van der Waals surface area contributed by atoms with Crippen molar-refractivity contribution in [2.45, 2.75) is 6.42 Å². The third-order valence-electron chi connectivity index (χ3n) is 2.18. The first kappa shape index (κ1) is 14.4. The summed E-state index contributed by atoms with van der Waals surface area (Å²) in [5.41, 5.74) is -0.0456. The summed E-state index contributed by atoms with van der Waals surface area (Å²) in [5.74, 6) is -1.68. The number of hydrogen-bond donors (Lipinski definition) is 2. The molecule has 18 heavy (non-hydrogen) atoms. The van der Waals surface area contributed by atoms with E-state index in [1.54, 1.807) is 0 Å². The van der Waals surface area contributed by atoms with E-state index in [4.69, 9.17) is 0 Å². The van der Waals surface area contributed by atoms with E-state index < -0.39 is 27.3 Å². The third kappa shape index (κ3) is 4.70. The molecule has 7 heteroatoms. The SMILES string of the molecule is CS(=O)(=O)CCCNC(=O)c1ccc(F)cc1O. The summed E-state index contributed by atoms with van der Waals surface area (Å²) in [6.45, 7) is 0.169. The molecular formula is C11H14FNO4S. The summed E-state index contributed by atoms with van der Waals surface area (Å²) in [7, 11) is -3.05. The zero-order valence-electron chi connectivity index (χ0n) is 9.81. The summed E-state index contributed by atoms with van der Waals surface area (Å²) < 4.78 is 34.4. The van der Waals surface area contributed by atoms with Crippen LogP contribution in [0.5, 0.6) is 5.75 Å². The predicted molar refractivity (Wildman–Crippen MR) is 64.7 cm³/mol. The molecule has 1 aromatic carbocycles. The van der Waals surface area contributed by atoms with E-state index in [-0.39, 0.29) is 24.3 Å². The Labute approximate surface area is 105 Å².